The van der Waals surface area contributed by atoms with Crippen molar-refractivity contribution in [1.29, 1.82) is 5.26 Å². The lowest BCUT2D eigenvalue weighted by Gasteiger charge is -2.42. The number of rotatable bonds is 1. The third kappa shape index (κ3) is 2.03. The normalized spacial score (nSPS) is 28.5. The fourth-order valence-electron chi connectivity index (χ4n) is 4.14. The number of nitrogens with zero attached hydrogens (tertiary/aromatic N) is 3. The smallest absolute Gasteiger partial charge is 0.254 e. The van der Waals surface area contributed by atoms with E-state index in [1.165, 1.54) is 6.07 Å². The molecule has 24 heavy (non-hydrogen) atoms. The number of likely N-dealkylation sites (tertiary alicyclic amines) is 1. The Labute approximate surface area is 138 Å². The van der Waals surface area contributed by atoms with Crippen molar-refractivity contribution in [2.24, 2.45) is 0 Å². The lowest BCUT2D eigenvalue weighted by Crippen LogP contribution is -2.56. The van der Waals surface area contributed by atoms with Gasteiger partial charge < -0.3 is 14.5 Å². The van der Waals surface area contributed by atoms with E-state index in [2.05, 4.69) is 0 Å². The van der Waals surface area contributed by atoms with E-state index in [1.54, 1.807) is 9.80 Å². The number of carbonyl (C=O) groups excluding carboxylic acids is 2. The predicted molar refractivity (Wildman–Crippen MR) is 80.2 cm³/mol. The van der Waals surface area contributed by atoms with Gasteiger partial charge in [0.05, 0.1) is 30.7 Å². The number of amides is 2. The molecule has 0 aromatic heterocycles. The Bertz CT molecular complexity index is 775. The summed E-state index contributed by atoms with van der Waals surface area (Å²) in [5.74, 6) is -0.991. The van der Waals surface area contributed by atoms with Gasteiger partial charge in [-0.1, -0.05) is 0 Å². The van der Waals surface area contributed by atoms with E-state index in [9.17, 15) is 14.0 Å². The lowest BCUT2D eigenvalue weighted by atomic mass is 10.0. The summed E-state index contributed by atoms with van der Waals surface area (Å²) in [5, 5.41) is 8.96. The van der Waals surface area contributed by atoms with Crippen LogP contribution in [0.3, 0.4) is 0 Å². The molecule has 1 spiro atoms. The quantitative estimate of drug-likeness (QED) is 0.777. The van der Waals surface area contributed by atoms with Gasteiger partial charge in [-0.15, -0.1) is 0 Å². The molecule has 1 aromatic carbocycles. The summed E-state index contributed by atoms with van der Waals surface area (Å²) in [5.41, 5.74) is -0.494. The number of hydrogen-bond donors (Lipinski definition) is 0. The number of ether oxygens (including phenoxy) is 1. The first-order valence-corrected chi connectivity index (χ1v) is 8.01. The summed E-state index contributed by atoms with van der Waals surface area (Å²) in [7, 11) is 0. The van der Waals surface area contributed by atoms with Crippen LogP contribution in [0.4, 0.5) is 4.39 Å². The zero-order valence-corrected chi connectivity index (χ0v) is 13.0. The number of hydrogen-bond acceptors (Lipinski definition) is 4. The molecule has 4 rings (SSSR count). The SMILES string of the molecule is N#Cc1cc(F)cc(C(=O)N2CC[C@@]34OCCCN3C(=O)C[C@@H]24)c1. The van der Waals surface area contributed by atoms with Gasteiger partial charge in [-0.3, -0.25) is 9.59 Å². The third-order valence-corrected chi connectivity index (χ3v) is 5.15. The van der Waals surface area contributed by atoms with E-state index < -0.39 is 11.5 Å². The molecule has 7 heteroatoms. The molecule has 3 aliphatic rings. The maximum absolute atomic E-state index is 13.7. The number of nitriles is 1. The van der Waals surface area contributed by atoms with E-state index in [4.69, 9.17) is 10.00 Å². The minimum atomic E-state index is -0.726. The van der Waals surface area contributed by atoms with Crippen LogP contribution < -0.4 is 0 Å². The summed E-state index contributed by atoms with van der Waals surface area (Å²) < 4.78 is 19.6. The molecule has 3 saturated heterocycles. The fraction of sp³-hybridized carbons (Fsp3) is 0.471. The van der Waals surface area contributed by atoms with E-state index in [0.29, 0.717) is 26.1 Å². The highest BCUT2D eigenvalue weighted by molar-refractivity contribution is 5.96. The van der Waals surface area contributed by atoms with Crippen molar-refractivity contribution in [2.75, 3.05) is 19.7 Å². The number of benzene rings is 1. The number of carbonyl (C=O) groups is 2. The van der Waals surface area contributed by atoms with Gasteiger partial charge in [0.25, 0.3) is 5.91 Å². The molecule has 2 atom stereocenters. The van der Waals surface area contributed by atoms with Crippen LogP contribution in [0.2, 0.25) is 0 Å². The lowest BCUT2D eigenvalue weighted by molar-refractivity contribution is -0.179. The second kappa shape index (κ2) is 5.28. The standard InChI is InChI=1S/C17H16FN3O3/c18-13-7-11(10-19)6-12(8-13)16(23)20-4-2-17-14(20)9-15(22)21(17)3-1-5-24-17/h6-8,14H,1-5,9H2/t14-,17+/m1/s1. The molecule has 6 nitrogen and oxygen atoms in total. The zero-order valence-electron chi connectivity index (χ0n) is 13.0. The molecule has 0 aliphatic carbocycles. The van der Waals surface area contributed by atoms with Crippen molar-refractivity contribution in [3.8, 4) is 6.07 Å². The minimum absolute atomic E-state index is 0.00541. The van der Waals surface area contributed by atoms with Gasteiger partial charge in [0.15, 0.2) is 5.72 Å². The van der Waals surface area contributed by atoms with Gasteiger partial charge in [0, 0.05) is 25.1 Å². The Kier molecular flexibility index (Phi) is 3.32. The molecule has 0 N–H and O–H groups in total. The Hall–Kier alpha value is -2.46. The second-order valence-electron chi connectivity index (χ2n) is 6.40. The Morgan fingerprint density at radius 3 is 3.00 bits per heavy atom. The van der Waals surface area contributed by atoms with Crippen molar-refractivity contribution in [3.05, 3.63) is 35.1 Å². The molecule has 124 valence electrons. The Morgan fingerprint density at radius 2 is 2.21 bits per heavy atom. The Morgan fingerprint density at radius 1 is 1.38 bits per heavy atom. The average molecular weight is 329 g/mol. The van der Waals surface area contributed by atoms with Crippen molar-refractivity contribution >= 4 is 11.8 Å². The Balaban J connectivity index is 1.67. The van der Waals surface area contributed by atoms with E-state index in [0.717, 1.165) is 18.6 Å². The van der Waals surface area contributed by atoms with Crippen molar-refractivity contribution in [3.63, 3.8) is 0 Å². The monoisotopic (exact) mass is 329 g/mol. The van der Waals surface area contributed by atoms with Crippen molar-refractivity contribution in [1.82, 2.24) is 9.80 Å². The first kappa shape index (κ1) is 15.1. The topological polar surface area (TPSA) is 73.6 Å². The van der Waals surface area contributed by atoms with Crippen LogP contribution in [0.5, 0.6) is 0 Å². The summed E-state index contributed by atoms with van der Waals surface area (Å²) >= 11 is 0. The van der Waals surface area contributed by atoms with Gasteiger partial charge in [0.1, 0.15) is 5.82 Å². The van der Waals surface area contributed by atoms with Crippen LogP contribution in [0.25, 0.3) is 0 Å². The van der Waals surface area contributed by atoms with Gasteiger partial charge >= 0.3 is 0 Å². The summed E-state index contributed by atoms with van der Waals surface area (Å²) in [6, 6.07) is 5.10. The summed E-state index contributed by atoms with van der Waals surface area (Å²) in [6.07, 6.45) is 1.59. The molecule has 3 fully saturated rings. The van der Waals surface area contributed by atoms with E-state index >= 15 is 0 Å². The van der Waals surface area contributed by atoms with Crippen LogP contribution in [0, 0.1) is 17.1 Å². The molecule has 0 bridgehead atoms. The molecule has 2 amide bonds. The van der Waals surface area contributed by atoms with E-state index in [1.807, 2.05) is 6.07 Å². The van der Waals surface area contributed by atoms with Gasteiger partial charge in [-0.05, 0) is 24.6 Å². The average Bonchev–Trinajstić information content (AvgIpc) is 3.06. The van der Waals surface area contributed by atoms with Crippen LogP contribution in [-0.4, -0.2) is 53.1 Å². The zero-order chi connectivity index (χ0) is 16.9. The number of halogens is 1. The highest BCUT2D eigenvalue weighted by atomic mass is 19.1. The molecule has 0 unspecified atom stereocenters. The summed E-state index contributed by atoms with van der Waals surface area (Å²) in [4.78, 5) is 28.5. The van der Waals surface area contributed by atoms with Crippen molar-refractivity contribution in [2.45, 2.75) is 31.0 Å². The maximum atomic E-state index is 13.7. The van der Waals surface area contributed by atoms with Gasteiger partial charge in [-0.25, -0.2) is 4.39 Å². The predicted octanol–water partition coefficient (Wildman–Crippen LogP) is 1.26. The highest BCUT2D eigenvalue weighted by Crippen LogP contribution is 2.45. The van der Waals surface area contributed by atoms with E-state index in [-0.39, 0.29) is 35.4 Å². The van der Waals surface area contributed by atoms with Gasteiger partial charge in [-0.2, -0.15) is 5.26 Å². The highest BCUT2D eigenvalue weighted by Gasteiger charge is 2.61. The first-order chi connectivity index (χ1) is 11.5. The molecule has 3 heterocycles. The molecular formula is C17H16FN3O3. The molecule has 3 aliphatic heterocycles. The fourth-order valence-corrected chi connectivity index (χ4v) is 4.14. The van der Waals surface area contributed by atoms with Crippen LogP contribution in [0.1, 0.15) is 35.2 Å². The third-order valence-electron chi connectivity index (χ3n) is 5.15. The molecule has 0 radical (unpaired) electrons. The van der Waals surface area contributed by atoms with Crippen LogP contribution in [0.15, 0.2) is 18.2 Å². The summed E-state index contributed by atoms with van der Waals surface area (Å²) in [6.45, 7) is 1.67. The van der Waals surface area contributed by atoms with Crippen molar-refractivity contribution < 1.29 is 18.7 Å². The minimum Gasteiger partial charge on any atom is -0.353 e. The molecular weight excluding hydrogens is 313 g/mol. The molecule has 0 saturated carbocycles. The van der Waals surface area contributed by atoms with Crippen LogP contribution in [-0.2, 0) is 9.53 Å². The van der Waals surface area contributed by atoms with Crippen LogP contribution >= 0.6 is 0 Å². The first-order valence-electron chi connectivity index (χ1n) is 8.01. The maximum Gasteiger partial charge on any atom is 0.254 e. The largest absolute Gasteiger partial charge is 0.353 e. The van der Waals surface area contributed by atoms with Gasteiger partial charge in [0.2, 0.25) is 5.91 Å². The molecule has 1 aromatic rings. The second-order valence-corrected chi connectivity index (χ2v) is 6.40.